The van der Waals surface area contributed by atoms with Gasteiger partial charge < -0.3 is 20.3 Å². The Morgan fingerprint density at radius 3 is 2.26 bits per heavy atom. The summed E-state index contributed by atoms with van der Waals surface area (Å²) in [5.74, 6) is 2.10. The maximum absolute atomic E-state index is 14.6. The fraction of sp³-hybridized carbons (Fsp3) is 0.528. The molecule has 2 unspecified atom stereocenters. The summed E-state index contributed by atoms with van der Waals surface area (Å²) in [7, 11) is 0. The van der Waals surface area contributed by atoms with Gasteiger partial charge >= 0.3 is 6.09 Å². The molecule has 0 aromatic heterocycles. The molecule has 1 aliphatic carbocycles. The number of ether oxygens (including phenoxy) is 1. The van der Waals surface area contributed by atoms with Crippen LogP contribution in [-0.2, 0) is 20.7 Å². The Morgan fingerprint density at radius 1 is 0.977 bits per heavy atom. The van der Waals surface area contributed by atoms with E-state index in [0.717, 1.165) is 56.9 Å². The average Bonchev–Trinajstić information content (AvgIpc) is 2.98. The highest BCUT2D eigenvalue weighted by atomic mass is 16.6. The van der Waals surface area contributed by atoms with Crippen LogP contribution in [0.15, 0.2) is 54.6 Å². The number of hydrogen-bond donors (Lipinski definition) is 2. The molecule has 0 bridgehead atoms. The summed E-state index contributed by atoms with van der Waals surface area (Å²) in [5.41, 5.74) is 1.55. The van der Waals surface area contributed by atoms with Crippen molar-refractivity contribution in [3.8, 4) is 12.3 Å². The fourth-order valence-electron chi connectivity index (χ4n) is 5.54. The summed E-state index contributed by atoms with van der Waals surface area (Å²) in [5, 5.41) is 6.10. The minimum Gasteiger partial charge on any atom is -0.444 e. The number of unbranched alkanes of at least 4 members (excludes halogenated alkanes) is 3. The predicted molar refractivity (Wildman–Crippen MR) is 171 cm³/mol. The SMILES string of the molecule is C#Cc1ccc(C(C(=O)NC2CCCCC2)N(CCCCCC)C(=O)C(Cc2ccccc2)NC(=O)OC(C)(C)C)cc1. The van der Waals surface area contributed by atoms with E-state index in [1.165, 1.54) is 6.42 Å². The maximum Gasteiger partial charge on any atom is 0.408 e. The molecule has 2 aromatic carbocycles. The van der Waals surface area contributed by atoms with Crippen molar-refractivity contribution in [2.45, 2.75) is 116 Å². The van der Waals surface area contributed by atoms with Gasteiger partial charge in [0.15, 0.2) is 0 Å². The van der Waals surface area contributed by atoms with Gasteiger partial charge in [0.2, 0.25) is 11.8 Å². The van der Waals surface area contributed by atoms with Gasteiger partial charge in [-0.15, -0.1) is 6.42 Å². The van der Waals surface area contributed by atoms with Crippen LogP contribution in [0.4, 0.5) is 4.79 Å². The predicted octanol–water partition coefficient (Wildman–Crippen LogP) is 6.70. The highest BCUT2D eigenvalue weighted by Gasteiger charge is 2.37. The van der Waals surface area contributed by atoms with Crippen LogP contribution in [0.25, 0.3) is 0 Å². The highest BCUT2D eigenvalue weighted by molar-refractivity contribution is 5.92. The third-order valence-electron chi connectivity index (χ3n) is 7.71. The normalized spacial score (nSPS) is 15.0. The second-order valence-corrected chi connectivity index (χ2v) is 12.5. The summed E-state index contributed by atoms with van der Waals surface area (Å²) in [6.45, 7) is 7.86. The molecule has 43 heavy (non-hydrogen) atoms. The van der Waals surface area contributed by atoms with Gasteiger partial charge in [-0.1, -0.05) is 93.8 Å². The van der Waals surface area contributed by atoms with Crippen LogP contribution in [0.3, 0.4) is 0 Å². The molecule has 0 saturated heterocycles. The van der Waals surface area contributed by atoms with Gasteiger partial charge in [-0.05, 0) is 63.3 Å². The van der Waals surface area contributed by atoms with E-state index in [1.807, 2.05) is 42.5 Å². The molecule has 7 nitrogen and oxygen atoms in total. The standard InChI is InChI=1S/C36H49N3O4/c1-6-8-9-16-25-39(34(41)31(26-28-17-12-10-13-18-28)38-35(42)43-36(3,4)5)32(29-23-21-27(7-2)22-24-29)33(40)37-30-19-14-11-15-20-30/h2,10,12-13,17-18,21-24,30-32H,6,8-9,11,14-16,19-20,25-26H2,1,3-5H3,(H,37,40)(H,38,42). The third kappa shape index (κ3) is 11.1. The van der Waals surface area contributed by atoms with E-state index in [9.17, 15) is 14.4 Å². The van der Waals surface area contributed by atoms with Crippen molar-refractivity contribution in [2.75, 3.05) is 6.54 Å². The van der Waals surface area contributed by atoms with Gasteiger partial charge in [0.05, 0.1) is 0 Å². The van der Waals surface area contributed by atoms with Gasteiger partial charge in [-0.25, -0.2) is 4.79 Å². The summed E-state index contributed by atoms with van der Waals surface area (Å²) < 4.78 is 5.55. The van der Waals surface area contributed by atoms with Crippen LogP contribution in [0.1, 0.15) is 108 Å². The van der Waals surface area contributed by atoms with Gasteiger partial charge in [0.1, 0.15) is 17.7 Å². The minimum absolute atomic E-state index is 0.0748. The summed E-state index contributed by atoms with van der Waals surface area (Å²) >= 11 is 0. The number of rotatable bonds is 13. The topological polar surface area (TPSA) is 87.7 Å². The van der Waals surface area contributed by atoms with Crippen molar-refractivity contribution in [1.29, 1.82) is 0 Å². The number of alkyl carbamates (subject to hydrolysis) is 1. The molecule has 232 valence electrons. The molecule has 0 heterocycles. The summed E-state index contributed by atoms with van der Waals surface area (Å²) in [4.78, 5) is 43.4. The first-order valence-electron chi connectivity index (χ1n) is 15.8. The largest absolute Gasteiger partial charge is 0.444 e. The molecule has 1 saturated carbocycles. The van der Waals surface area contributed by atoms with E-state index in [4.69, 9.17) is 11.2 Å². The van der Waals surface area contributed by atoms with Gasteiger partial charge in [0, 0.05) is 24.6 Å². The van der Waals surface area contributed by atoms with Crippen molar-refractivity contribution in [3.05, 3.63) is 71.3 Å². The molecular formula is C36H49N3O4. The average molecular weight is 588 g/mol. The van der Waals surface area contributed by atoms with E-state index in [-0.39, 0.29) is 24.3 Å². The van der Waals surface area contributed by atoms with Crippen LogP contribution in [-0.4, -0.2) is 47.0 Å². The zero-order chi connectivity index (χ0) is 31.2. The second-order valence-electron chi connectivity index (χ2n) is 12.5. The molecule has 7 heteroatoms. The number of carbonyl (C=O) groups is 3. The van der Waals surface area contributed by atoms with Crippen molar-refractivity contribution in [2.24, 2.45) is 0 Å². The Morgan fingerprint density at radius 2 is 1.65 bits per heavy atom. The molecule has 1 fully saturated rings. The monoisotopic (exact) mass is 587 g/mol. The summed E-state index contributed by atoms with van der Waals surface area (Å²) in [6, 6.07) is 15.1. The van der Waals surface area contributed by atoms with Gasteiger partial charge in [0.25, 0.3) is 0 Å². The lowest BCUT2D eigenvalue weighted by atomic mass is 9.94. The summed E-state index contributed by atoms with van der Waals surface area (Å²) in [6.07, 6.45) is 14.1. The number of nitrogens with zero attached hydrogens (tertiary/aromatic N) is 1. The Balaban J connectivity index is 2.02. The molecular weight excluding hydrogens is 538 g/mol. The molecule has 2 aromatic rings. The van der Waals surface area contributed by atoms with E-state index < -0.39 is 23.8 Å². The first-order chi connectivity index (χ1) is 20.6. The second kappa shape index (κ2) is 16.7. The quantitative estimate of drug-likeness (QED) is 0.202. The number of amides is 3. The molecule has 3 rings (SSSR count). The number of carbonyl (C=O) groups excluding carboxylic acids is 3. The van der Waals surface area contributed by atoms with E-state index >= 15 is 0 Å². The smallest absolute Gasteiger partial charge is 0.408 e. The van der Waals surface area contributed by atoms with Crippen LogP contribution < -0.4 is 10.6 Å². The van der Waals surface area contributed by atoms with Crippen LogP contribution >= 0.6 is 0 Å². The van der Waals surface area contributed by atoms with Crippen LogP contribution in [0.5, 0.6) is 0 Å². The van der Waals surface area contributed by atoms with Crippen LogP contribution in [0, 0.1) is 12.3 Å². The van der Waals surface area contributed by atoms with E-state index in [0.29, 0.717) is 17.7 Å². The molecule has 2 N–H and O–H groups in total. The Bertz CT molecular complexity index is 1210. The number of nitrogens with one attached hydrogen (secondary N) is 2. The number of hydrogen-bond acceptors (Lipinski definition) is 4. The maximum atomic E-state index is 14.6. The van der Waals surface area contributed by atoms with Crippen molar-refractivity contribution >= 4 is 17.9 Å². The first kappa shape index (κ1) is 33.7. The van der Waals surface area contributed by atoms with Crippen molar-refractivity contribution in [3.63, 3.8) is 0 Å². The van der Waals surface area contributed by atoms with Crippen LogP contribution in [0.2, 0.25) is 0 Å². The molecule has 1 aliphatic rings. The third-order valence-corrected chi connectivity index (χ3v) is 7.71. The lowest BCUT2D eigenvalue weighted by Gasteiger charge is -2.36. The Kier molecular flexibility index (Phi) is 13.1. The zero-order valence-electron chi connectivity index (χ0n) is 26.4. The Hall–Kier alpha value is -3.79. The van der Waals surface area contributed by atoms with Crippen molar-refractivity contribution < 1.29 is 19.1 Å². The van der Waals surface area contributed by atoms with Gasteiger partial charge in [-0.3, -0.25) is 9.59 Å². The van der Waals surface area contributed by atoms with Gasteiger partial charge in [-0.2, -0.15) is 0 Å². The molecule has 0 aliphatic heterocycles. The Labute approximate surface area is 258 Å². The first-order valence-corrected chi connectivity index (χ1v) is 15.8. The number of terminal acetylenes is 1. The van der Waals surface area contributed by atoms with Crippen molar-refractivity contribution in [1.82, 2.24) is 15.5 Å². The zero-order valence-corrected chi connectivity index (χ0v) is 26.4. The molecule has 3 amide bonds. The van der Waals surface area contributed by atoms with E-state index in [1.54, 1.807) is 37.8 Å². The lowest BCUT2D eigenvalue weighted by Crippen LogP contribution is -2.54. The minimum atomic E-state index is -0.932. The highest BCUT2D eigenvalue weighted by Crippen LogP contribution is 2.26. The molecule has 0 radical (unpaired) electrons. The van der Waals surface area contributed by atoms with E-state index in [2.05, 4.69) is 23.5 Å². The molecule has 2 atom stereocenters. The lowest BCUT2D eigenvalue weighted by molar-refractivity contribution is -0.143. The fourth-order valence-corrected chi connectivity index (χ4v) is 5.54. The number of benzene rings is 2. The molecule has 0 spiro atoms.